The molecule has 4 nitrogen and oxygen atoms in total. The average Bonchev–Trinajstić information content (AvgIpc) is 2.17. The first-order chi connectivity index (χ1) is 6.57. The third-order valence-electron chi connectivity index (χ3n) is 1.82. The molecule has 0 bridgehead atoms. The molecule has 78 valence electrons. The third kappa shape index (κ3) is 3.01. The molecule has 14 heavy (non-hydrogen) atoms. The van der Waals surface area contributed by atoms with Gasteiger partial charge in [-0.2, -0.15) is 0 Å². The SMILES string of the molecule is CCS(=O)(=O)Nc1cccc(CN)c1. The second-order valence-electron chi connectivity index (χ2n) is 2.91. The minimum atomic E-state index is -3.19. The van der Waals surface area contributed by atoms with E-state index in [4.69, 9.17) is 5.73 Å². The molecule has 0 amide bonds. The molecule has 0 saturated heterocycles. The first kappa shape index (κ1) is 11.0. The highest BCUT2D eigenvalue weighted by Gasteiger charge is 2.06. The molecule has 0 spiro atoms. The quantitative estimate of drug-likeness (QED) is 0.782. The van der Waals surface area contributed by atoms with Crippen molar-refractivity contribution >= 4 is 15.7 Å². The second-order valence-corrected chi connectivity index (χ2v) is 4.92. The maximum atomic E-state index is 11.2. The minimum absolute atomic E-state index is 0.0693. The van der Waals surface area contributed by atoms with E-state index in [0.717, 1.165) is 5.56 Å². The van der Waals surface area contributed by atoms with Crippen LogP contribution in [-0.2, 0) is 16.6 Å². The van der Waals surface area contributed by atoms with Gasteiger partial charge in [0.05, 0.1) is 5.75 Å². The van der Waals surface area contributed by atoms with Crippen molar-refractivity contribution in [3.05, 3.63) is 29.8 Å². The van der Waals surface area contributed by atoms with E-state index in [2.05, 4.69) is 4.72 Å². The van der Waals surface area contributed by atoms with E-state index in [-0.39, 0.29) is 5.75 Å². The molecule has 0 fully saturated rings. The third-order valence-corrected chi connectivity index (χ3v) is 3.12. The molecule has 0 atom stereocenters. The van der Waals surface area contributed by atoms with Crippen LogP contribution in [0.4, 0.5) is 5.69 Å². The first-order valence-electron chi connectivity index (χ1n) is 4.37. The lowest BCUT2D eigenvalue weighted by molar-refractivity contribution is 0.602. The van der Waals surface area contributed by atoms with Gasteiger partial charge in [-0.1, -0.05) is 12.1 Å². The van der Waals surface area contributed by atoms with Gasteiger partial charge in [-0.15, -0.1) is 0 Å². The zero-order valence-corrected chi connectivity index (χ0v) is 8.84. The van der Waals surface area contributed by atoms with Crippen LogP contribution < -0.4 is 10.5 Å². The van der Waals surface area contributed by atoms with Gasteiger partial charge in [0.25, 0.3) is 0 Å². The molecule has 1 aromatic carbocycles. The lowest BCUT2D eigenvalue weighted by atomic mass is 10.2. The Morgan fingerprint density at radius 1 is 1.43 bits per heavy atom. The van der Waals surface area contributed by atoms with Crippen molar-refractivity contribution < 1.29 is 8.42 Å². The fraction of sp³-hybridized carbons (Fsp3) is 0.333. The van der Waals surface area contributed by atoms with Crippen LogP contribution in [0.15, 0.2) is 24.3 Å². The summed E-state index contributed by atoms with van der Waals surface area (Å²) in [6.45, 7) is 2.00. The topological polar surface area (TPSA) is 72.2 Å². The number of anilines is 1. The van der Waals surface area contributed by atoms with Crippen molar-refractivity contribution in [2.45, 2.75) is 13.5 Å². The van der Waals surface area contributed by atoms with Crippen molar-refractivity contribution in [3.63, 3.8) is 0 Å². The Morgan fingerprint density at radius 3 is 2.71 bits per heavy atom. The molecule has 0 radical (unpaired) electrons. The van der Waals surface area contributed by atoms with Crippen LogP contribution >= 0.6 is 0 Å². The zero-order chi connectivity index (χ0) is 10.6. The molecule has 0 aliphatic rings. The molecule has 1 rings (SSSR count). The van der Waals surface area contributed by atoms with Crippen molar-refractivity contribution in [1.82, 2.24) is 0 Å². The molecule has 0 aliphatic heterocycles. The first-order valence-corrected chi connectivity index (χ1v) is 6.02. The maximum Gasteiger partial charge on any atom is 0.232 e. The summed E-state index contributed by atoms with van der Waals surface area (Å²) in [5.41, 5.74) is 6.91. The number of hydrogen-bond donors (Lipinski definition) is 2. The predicted octanol–water partition coefficient (Wildman–Crippen LogP) is 0.907. The highest BCUT2D eigenvalue weighted by Crippen LogP contribution is 2.11. The van der Waals surface area contributed by atoms with Gasteiger partial charge in [0, 0.05) is 12.2 Å². The molecule has 5 heteroatoms. The summed E-state index contributed by atoms with van der Waals surface area (Å²) in [6, 6.07) is 7.05. The lowest BCUT2D eigenvalue weighted by Crippen LogP contribution is -2.14. The molecule has 0 saturated carbocycles. The molecule has 0 heterocycles. The van der Waals surface area contributed by atoms with Crippen LogP contribution in [0.25, 0.3) is 0 Å². The van der Waals surface area contributed by atoms with E-state index < -0.39 is 10.0 Å². The summed E-state index contributed by atoms with van der Waals surface area (Å²) < 4.78 is 24.9. The Labute approximate surface area is 84.2 Å². The molecular weight excluding hydrogens is 200 g/mol. The van der Waals surface area contributed by atoms with E-state index in [1.807, 2.05) is 6.07 Å². The predicted molar refractivity (Wildman–Crippen MR) is 57.4 cm³/mol. The van der Waals surface area contributed by atoms with Crippen molar-refractivity contribution in [1.29, 1.82) is 0 Å². The lowest BCUT2D eigenvalue weighted by Gasteiger charge is -2.06. The number of nitrogens with two attached hydrogens (primary N) is 1. The Balaban J connectivity index is 2.87. The molecule has 0 aliphatic carbocycles. The number of rotatable bonds is 4. The van der Waals surface area contributed by atoms with Crippen LogP contribution in [-0.4, -0.2) is 14.2 Å². The number of sulfonamides is 1. The van der Waals surface area contributed by atoms with Crippen LogP contribution in [0.1, 0.15) is 12.5 Å². The fourth-order valence-electron chi connectivity index (χ4n) is 1.01. The normalized spacial score (nSPS) is 11.3. The molecular formula is C9H14N2O2S. The van der Waals surface area contributed by atoms with E-state index >= 15 is 0 Å². The van der Waals surface area contributed by atoms with E-state index in [0.29, 0.717) is 12.2 Å². The van der Waals surface area contributed by atoms with Gasteiger partial charge in [0.2, 0.25) is 10.0 Å². The fourth-order valence-corrected chi connectivity index (χ4v) is 1.64. The van der Waals surface area contributed by atoms with Gasteiger partial charge >= 0.3 is 0 Å². The van der Waals surface area contributed by atoms with E-state index in [1.165, 1.54) is 0 Å². The smallest absolute Gasteiger partial charge is 0.232 e. The van der Waals surface area contributed by atoms with Crippen LogP contribution in [0.5, 0.6) is 0 Å². The van der Waals surface area contributed by atoms with Crippen LogP contribution in [0.2, 0.25) is 0 Å². The average molecular weight is 214 g/mol. The van der Waals surface area contributed by atoms with Crippen molar-refractivity contribution in [2.24, 2.45) is 5.73 Å². The second kappa shape index (κ2) is 4.43. The standard InChI is InChI=1S/C9H14N2O2S/c1-2-14(12,13)11-9-5-3-4-8(6-9)7-10/h3-6,11H,2,7,10H2,1H3. The number of benzene rings is 1. The monoisotopic (exact) mass is 214 g/mol. The van der Waals surface area contributed by atoms with Crippen LogP contribution in [0.3, 0.4) is 0 Å². The van der Waals surface area contributed by atoms with Crippen molar-refractivity contribution in [2.75, 3.05) is 10.5 Å². The Morgan fingerprint density at radius 2 is 2.14 bits per heavy atom. The molecule has 3 N–H and O–H groups in total. The van der Waals surface area contributed by atoms with E-state index in [1.54, 1.807) is 25.1 Å². The van der Waals surface area contributed by atoms with Gasteiger partial charge in [-0.3, -0.25) is 4.72 Å². The Hall–Kier alpha value is -1.07. The summed E-state index contributed by atoms with van der Waals surface area (Å²) >= 11 is 0. The maximum absolute atomic E-state index is 11.2. The highest BCUT2D eigenvalue weighted by molar-refractivity contribution is 7.92. The Kier molecular flexibility index (Phi) is 3.49. The van der Waals surface area contributed by atoms with Crippen LogP contribution in [0, 0.1) is 0 Å². The number of nitrogens with one attached hydrogen (secondary N) is 1. The van der Waals surface area contributed by atoms with Gasteiger partial charge in [0.1, 0.15) is 0 Å². The summed E-state index contributed by atoms with van der Waals surface area (Å²) in [4.78, 5) is 0. The summed E-state index contributed by atoms with van der Waals surface area (Å²) in [7, 11) is -3.19. The summed E-state index contributed by atoms with van der Waals surface area (Å²) in [5, 5.41) is 0. The minimum Gasteiger partial charge on any atom is -0.326 e. The van der Waals surface area contributed by atoms with Gasteiger partial charge in [-0.05, 0) is 24.6 Å². The zero-order valence-electron chi connectivity index (χ0n) is 8.03. The molecule has 0 unspecified atom stereocenters. The summed E-state index contributed by atoms with van der Waals surface area (Å²) in [6.07, 6.45) is 0. The summed E-state index contributed by atoms with van der Waals surface area (Å²) in [5.74, 6) is 0.0693. The molecule has 0 aromatic heterocycles. The van der Waals surface area contributed by atoms with Crippen molar-refractivity contribution in [3.8, 4) is 0 Å². The largest absolute Gasteiger partial charge is 0.326 e. The molecule has 1 aromatic rings. The Bertz CT molecular complexity index is 401. The van der Waals surface area contributed by atoms with Gasteiger partial charge in [0.15, 0.2) is 0 Å². The highest BCUT2D eigenvalue weighted by atomic mass is 32.2. The van der Waals surface area contributed by atoms with Gasteiger partial charge in [-0.25, -0.2) is 8.42 Å². The number of hydrogen-bond acceptors (Lipinski definition) is 3. The van der Waals surface area contributed by atoms with Gasteiger partial charge < -0.3 is 5.73 Å². The van der Waals surface area contributed by atoms with E-state index in [9.17, 15) is 8.42 Å².